The van der Waals surface area contributed by atoms with Crippen LogP contribution >= 0.6 is 23.5 Å². The van der Waals surface area contributed by atoms with Crippen LogP contribution in [0.5, 0.6) is 0 Å². The van der Waals surface area contributed by atoms with Crippen molar-refractivity contribution in [1.29, 1.82) is 0 Å². The number of halogens is 1. The summed E-state index contributed by atoms with van der Waals surface area (Å²) in [5.41, 5.74) is 7.79. The van der Waals surface area contributed by atoms with Crippen LogP contribution in [0.4, 0.5) is 28.4 Å². The largest absolute Gasteiger partial charge is 0.368 e. The van der Waals surface area contributed by atoms with Crippen LogP contribution in [-0.4, -0.2) is 39.9 Å². The molecule has 12 heteroatoms. The molecule has 1 aliphatic heterocycles. The van der Waals surface area contributed by atoms with Crippen molar-refractivity contribution in [3.63, 3.8) is 0 Å². The van der Waals surface area contributed by atoms with Crippen molar-refractivity contribution in [3.8, 4) is 22.3 Å². The molecule has 0 bridgehead atoms. The van der Waals surface area contributed by atoms with E-state index in [2.05, 4.69) is 72.6 Å². The van der Waals surface area contributed by atoms with Crippen LogP contribution in [-0.2, 0) is 18.0 Å². The maximum Gasteiger partial charge on any atom is 0.294 e. The first-order valence-corrected chi connectivity index (χ1v) is 18.7. The van der Waals surface area contributed by atoms with Crippen LogP contribution in [0.3, 0.4) is 0 Å². The maximum absolute atomic E-state index is 13.2. The molecular formula is C39H35ClN6O3S2. The molecule has 7 rings (SSSR count). The minimum absolute atomic E-state index is 0.143. The third-order valence-corrected chi connectivity index (χ3v) is 10.9. The lowest BCUT2D eigenvalue weighted by molar-refractivity contribution is -0.384. The number of rotatable bonds is 11. The Hall–Kier alpha value is -5.23. The molecule has 5 aromatic carbocycles. The van der Waals surface area contributed by atoms with E-state index in [0.717, 1.165) is 47.3 Å². The zero-order valence-corrected chi connectivity index (χ0v) is 30.1. The van der Waals surface area contributed by atoms with Crippen LogP contribution in [0, 0.1) is 10.1 Å². The Morgan fingerprint density at radius 1 is 0.745 bits per heavy atom. The number of aryl methyl sites for hydroxylation is 1. The zero-order chi connectivity index (χ0) is 35.3. The van der Waals surface area contributed by atoms with Gasteiger partial charge in [0, 0.05) is 89.8 Å². The van der Waals surface area contributed by atoms with E-state index in [4.69, 9.17) is 11.6 Å². The Balaban J connectivity index is 0.966. The minimum atomic E-state index is -1.69. The summed E-state index contributed by atoms with van der Waals surface area (Å²) in [7, 11) is 0.357. The molecule has 2 N–H and O–H groups in total. The molecule has 1 saturated heterocycles. The Bertz CT molecular complexity index is 2170. The molecule has 51 heavy (non-hydrogen) atoms. The van der Waals surface area contributed by atoms with Gasteiger partial charge in [-0.1, -0.05) is 54.1 Å². The van der Waals surface area contributed by atoms with E-state index in [9.17, 15) is 14.3 Å². The van der Waals surface area contributed by atoms with E-state index >= 15 is 0 Å². The molecule has 1 fully saturated rings. The second kappa shape index (κ2) is 15.3. The summed E-state index contributed by atoms with van der Waals surface area (Å²) in [6, 6.07) is 38.6. The summed E-state index contributed by atoms with van der Waals surface area (Å²) in [5.74, 6) is 0. The summed E-state index contributed by atoms with van der Waals surface area (Å²) < 4.78 is 21.3. The number of hydrogen-bond acceptors (Lipinski definition) is 7. The predicted molar refractivity (Wildman–Crippen MR) is 211 cm³/mol. The zero-order valence-electron chi connectivity index (χ0n) is 27.7. The van der Waals surface area contributed by atoms with E-state index in [1.54, 1.807) is 12.1 Å². The average molecular weight is 735 g/mol. The van der Waals surface area contributed by atoms with Crippen LogP contribution in [0.2, 0.25) is 5.02 Å². The molecule has 1 atom stereocenters. The molecule has 1 unspecified atom stereocenters. The van der Waals surface area contributed by atoms with E-state index in [1.807, 2.05) is 73.8 Å². The minimum Gasteiger partial charge on any atom is -0.368 e. The van der Waals surface area contributed by atoms with Gasteiger partial charge in [-0.2, -0.15) is 0 Å². The molecular weight excluding hydrogens is 700 g/mol. The lowest BCUT2D eigenvalue weighted by Gasteiger charge is -2.37. The van der Waals surface area contributed by atoms with Crippen LogP contribution < -0.4 is 19.2 Å². The average Bonchev–Trinajstić information content (AvgIpc) is 3.56. The quantitative estimate of drug-likeness (QED) is 0.0778. The van der Waals surface area contributed by atoms with Crippen molar-refractivity contribution in [2.24, 2.45) is 7.05 Å². The molecule has 9 nitrogen and oxygen atoms in total. The fourth-order valence-corrected chi connectivity index (χ4v) is 7.84. The van der Waals surface area contributed by atoms with Crippen molar-refractivity contribution >= 4 is 63.0 Å². The lowest BCUT2D eigenvalue weighted by atomic mass is 9.98. The van der Waals surface area contributed by atoms with Gasteiger partial charge in [-0.25, -0.2) is 4.21 Å². The standard InChI is InChI=1S/C39H35ClN6O3S2/c1-43-26-36(28-10-12-30(40)13-11-28)37(27-43)29-6-5-7-33(24-29)45-22-20-44(21-23-45)32-16-14-31(15-17-32)42-51(49)35-18-19-38(39(25-35)46(47)48)41-50-34-8-3-2-4-9-34/h2-19,24-27,41-42H,20-23H2,1H3. The van der Waals surface area contributed by atoms with Crippen molar-refractivity contribution in [3.05, 3.63) is 149 Å². The molecule has 2 heterocycles. The van der Waals surface area contributed by atoms with Crippen molar-refractivity contribution in [2.75, 3.05) is 45.4 Å². The van der Waals surface area contributed by atoms with E-state index < -0.39 is 15.9 Å². The van der Waals surface area contributed by atoms with Gasteiger partial charge < -0.3 is 23.8 Å². The number of nitro benzene ring substituents is 1. The van der Waals surface area contributed by atoms with Gasteiger partial charge in [0.2, 0.25) is 0 Å². The van der Waals surface area contributed by atoms with Crippen LogP contribution in [0.1, 0.15) is 0 Å². The normalized spacial score (nSPS) is 13.5. The maximum atomic E-state index is 13.2. The molecule has 1 aliphatic rings. The first-order valence-electron chi connectivity index (χ1n) is 16.4. The fraction of sp³-hybridized carbons (Fsp3) is 0.128. The Morgan fingerprint density at radius 2 is 1.41 bits per heavy atom. The van der Waals surface area contributed by atoms with Gasteiger partial charge in [0.25, 0.3) is 5.69 Å². The number of nitro groups is 1. The molecule has 0 saturated carbocycles. The van der Waals surface area contributed by atoms with Gasteiger partial charge in [-0.15, -0.1) is 0 Å². The van der Waals surface area contributed by atoms with Crippen LogP contribution in [0.25, 0.3) is 22.3 Å². The van der Waals surface area contributed by atoms with E-state index in [-0.39, 0.29) is 5.69 Å². The predicted octanol–water partition coefficient (Wildman–Crippen LogP) is 9.50. The summed E-state index contributed by atoms with van der Waals surface area (Å²) in [4.78, 5) is 17.4. The summed E-state index contributed by atoms with van der Waals surface area (Å²) >= 11 is 7.43. The number of nitrogens with one attached hydrogen (secondary N) is 2. The van der Waals surface area contributed by atoms with Crippen molar-refractivity contribution in [2.45, 2.75) is 9.79 Å². The Kier molecular flexibility index (Phi) is 10.3. The lowest BCUT2D eigenvalue weighted by Crippen LogP contribution is -2.46. The monoisotopic (exact) mass is 734 g/mol. The molecule has 258 valence electrons. The number of hydrogen-bond donors (Lipinski definition) is 2. The number of nitrogens with zero attached hydrogens (tertiary/aromatic N) is 4. The molecule has 1 aromatic heterocycles. The first-order chi connectivity index (χ1) is 24.8. The van der Waals surface area contributed by atoms with Gasteiger partial charge >= 0.3 is 0 Å². The Morgan fingerprint density at radius 3 is 2.10 bits per heavy atom. The van der Waals surface area contributed by atoms with Crippen molar-refractivity contribution < 1.29 is 9.13 Å². The topological polar surface area (TPSA) is 95.7 Å². The first kappa shape index (κ1) is 34.2. The SMILES string of the molecule is Cn1cc(-c2ccc(Cl)cc2)c(-c2cccc(N3CCN(c4ccc(NS(=O)c5ccc(NSc6ccccc6)c([N+](=O)[O-])c5)cc4)CC3)c2)c1. The number of aromatic nitrogens is 1. The smallest absolute Gasteiger partial charge is 0.294 e. The van der Waals surface area contributed by atoms with Gasteiger partial charge in [-0.05, 0) is 95.9 Å². The number of anilines is 4. The second-order valence-electron chi connectivity index (χ2n) is 12.2. The molecule has 0 spiro atoms. The number of piperazine rings is 1. The second-order valence-corrected chi connectivity index (χ2v) is 14.7. The van der Waals surface area contributed by atoms with E-state index in [1.165, 1.54) is 40.4 Å². The van der Waals surface area contributed by atoms with Gasteiger partial charge in [0.1, 0.15) is 5.69 Å². The van der Waals surface area contributed by atoms with Gasteiger partial charge in [0.05, 0.1) is 9.82 Å². The summed E-state index contributed by atoms with van der Waals surface area (Å²) in [6.07, 6.45) is 4.32. The highest BCUT2D eigenvalue weighted by molar-refractivity contribution is 8.00. The summed E-state index contributed by atoms with van der Waals surface area (Å²) in [6.45, 7) is 3.47. The van der Waals surface area contributed by atoms with Gasteiger partial charge in [0.15, 0.2) is 11.0 Å². The molecule has 0 aliphatic carbocycles. The van der Waals surface area contributed by atoms with Crippen LogP contribution in [0.15, 0.2) is 144 Å². The van der Waals surface area contributed by atoms with Crippen molar-refractivity contribution in [1.82, 2.24) is 4.57 Å². The highest BCUT2D eigenvalue weighted by Crippen LogP contribution is 2.36. The summed E-state index contributed by atoms with van der Waals surface area (Å²) in [5, 5.41) is 12.5. The number of benzene rings is 5. The Labute approximate surface area is 308 Å². The third-order valence-electron chi connectivity index (χ3n) is 8.76. The van der Waals surface area contributed by atoms with Gasteiger partial charge in [-0.3, -0.25) is 10.1 Å². The molecule has 0 radical (unpaired) electrons. The molecule has 0 amide bonds. The highest BCUT2D eigenvalue weighted by atomic mass is 35.5. The molecule has 6 aromatic rings. The van der Waals surface area contributed by atoms with E-state index in [0.29, 0.717) is 16.3 Å². The highest BCUT2D eigenvalue weighted by Gasteiger charge is 2.20. The fourth-order valence-electron chi connectivity index (χ4n) is 6.14. The third kappa shape index (κ3) is 8.06.